The molecule has 3 nitrogen and oxygen atoms in total. The minimum Gasteiger partial charge on any atom is -0.288 e. The van der Waals surface area contributed by atoms with Gasteiger partial charge in [-0.3, -0.25) is 9.59 Å². The zero-order chi connectivity index (χ0) is 20.2. The maximum Gasteiger partial charge on any atom is 0.213 e. The lowest BCUT2D eigenvalue weighted by molar-refractivity contribution is 0.0977. The van der Waals surface area contributed by atoms with Crippen LogP contribution in [-0.4, -0.2) is 16.6 Å². The molecule has 6 rings (SSSR count). The van der Waals surface area contributed by atoms with Crippen LogP contribution in [0, 0.1) is 0 Å². The lowest BCUT2D eigenvalue weighted by atomic mass is 9.80. The van der Waals surface area contributed by atoms with Gasteiger partial charge in [0, 0.05) is 22.1 Å². The summed E-state index contributed by atoms with van der Waals surface area (Å²) in [4.78, 5) is 32.1. The van der Waals surface area contributed by atoms with Crippen molar-refractivity contribution in [2.75, 3.05) is 0 Å². The van der Waals surface area contributed by atoms with Crippen molar-refractivity contribution in [3.63, 3.8) is 0 Å². The summed E-state index contributed by atoms with van der Waals surface area (Å²) in [7, 11) is 0. The topological polar surface area (TPSA) is 47.0 Å². The van der Waals surface area contributed by atoms with E-state index in [9.17, 15) is 9.59 Å². The number of hydrogen-bond donors (Lipinski definition) is 0. The molecule has 0 bridgehead atoms. The third kappa shape index (κ3) is 2.23. The summed E-state index contributed by atoms with van der Waals surface area (Å²) in [5.74, 6) is -0.346. The first-order valence-electron chi connectivity index (χ1n) is 9.83. The number of fused-ring (bicyclic) bond motifs is 5. The van der Waals surface area contributed by atoms with Gasteiger partial charge < -0.3 is 0 Å². The fourth-order valence-electron chi connectivity index (χ4n) is 4.46. The summed E-state index contributed by atoms with van der Waals surface area (Å²) in [6.07, 6.45) is 0. The first-order valence-corrected chi connectivity index (χ1v) is 9.83. The van der Waals surface area contributed by atoms with E-state index in [1.54, 1.807) is 6.07 Å². The van der Waals surface area contributed by atoms with Crippen molar-refractivity contribution in [3.05, 3.63) is 113 Å². The van der Waals surface area contributed by atoms with Crippen LogP contribution in [0.2, 0.25) is 0 Å². The zero-order valence-electron chi connectivity index (χ0n) is 15.9. The van der Waals surface area contributed by atoms with Crippen LogP contribution in [0.1, 0.15) is 32.0 Å². The molecular weight excluding hydrogens is 370 g/mol. The number of aromatic nitrogens is 1. The van der Waals surface area contributed by atoms with Crippen LogP contribution >= 0.6 is 0 Å². The van der Waals surface area contributed by atoms with E-state index in [1.807, 2.05) is 84.9 Å². The second kappa shape index (κ2) is 6.19. The Morgan fingerprint density at radius 3 is 2.07 bits per heavy atom. The van der Waals surface area contributed by atoms with E-state index in [0.29, 0.717) is 22.2 Å². The van der Waals surface area contributed by atoms with Crippen LogP contribution in [0.15, 0.2) is 91.0 Å². The Morgan fingerprint density at radius 1 is 0.533 bits per heavy atom. The Morgan fingerprint density at radius 2 is 1.23 bits per heavy atom. The fraction of sp³-hybridized carbons (Fsp3) is 0. The van der Waals surface area contributed by atoms with Crippen LogP contribution < -0.4 is 0 Å². The smallest absolute Gasteiger partial charge is 0.213 e. The zero-order valence-corrected chi connectivity index (χ0v) is 15.9. The molecule has 0 amide bonds. The van der Waals surface area contributed by atoms with Crippen LogP contribution in [0.5, 0.6) is 0 Å². The SMILES string of the molecule is O=C1c2ccc3ccccc3c2C(=O)c2nc3ccccc3c(-c3ccccc3)c21. The Bertz CT molecular complexity index is 1520. The molecule has 0 saturated heterocycles. The minimum absolute atomic E-state index is 0.151. The van der Waals surface area contributed by atoms with Crippen molar-refractivity contribution in [1.82, 2.24) is 4.98 Å². The molecule has 0 atom stereocenters. The van der Waals surface area contributed by atoms with Crippen LogP contribution in [0.4, 0.5) is 0 Å². The highest BCUT2D eigenvalue weighted by molar-refractivity contribution is 6.34. The maximum atomic E-state index is 13.7. The van der Waals surface area contributed by atoms with Gasteiger partial charge in [0.2, 0.25) is 5.78 Å². The van der Waals surface area contributed by atoms with Crippen molar-refractivity contribution in [3.8, 4) is 11.1 Å². The number of para-hydroxylation sites is 1. The Labute approximate surface area is 172 Å². The van der Waals surface area contributed by atoms with Crippen molar-refractivity contribution in [1.29, 1.82) is 0 Å². The molecule has 0 radical (unpaired) electrons. The van der Waals surface area contributed by atoms with Gasteiger partial charge in [0.05, 0.1) is 11.1 Å². The number of rotatable bonds is 1. The van der Waals surface area contributed by atoms with E-state index in [0.717, 1.165) is 27.3 Å². The summed E-state index contributed by atoms with van der Waals surface area (Å²) in [6, 6.07) is 28.8. The fourth-order valence-corrected chi connectivity index (χ4v) is 4.46. The van der Waals surface area contributed by atoms with Gasteiger partial charge in [-0.2, -0.15) is 0 Å². The molecule has 1 heterocycles. The highest BCUT2D eigenvalue weighted by Gasteiger charge is 2.35. The van der Waals surface area contributed by atoms with Crippen molar-refractivity contribution in [2.45, 2.75) is 0 Å². The van der Waals surface area contributed by atoms with Gasteiger partial charge >= 0.3 is 0 Å². The summed E-state index contributed by atoms with van der Waals surface area (Å²) in [5, 5.41) is 2.59. The highest BCUT2D eigenvalue weighted by Crippen LogP contribution is 2.39. The van der Waals surface area contributed by atoms with Gasteiger partial charge in [0.15, 0.2) is 5.78 Å². The molecule has 0 unspecified atom stereocenters. The van der Waals surface area contributed by atoms with Crippen molar-refractivity contribution < 1.29 is 9.59 Å². The van der Waals surface area contributed by atoms with Crippen molar-refractivity contribution >= 4 is 33.2 Å². The van der Waals surface area contributed by atoms with E-state index in [1.165, 1.54) is 0 Å². The molecule has 0 aliphatic heterocycles. The quantitative estimate of drug-likeness (QED) is 0.358. The number of ketones is 2. The molecular formula is C27H15NO2. The number of carbonyl (C=O) groups excluding carboxylic acids is 2. The maximum absolute atomic E-state index is 13.7. The first-order chi connectivity index (χ1) is 14.7. The second-order valence-electron chi connectivity index (χ2n) is 7.46. The molecule has 3 heteroatoms. The van der Waals surface area contributed by atoms with E-state index >= 15 is 0 Å². The first kappa shape index (κ1) is 16.8. The summed E-state index contributed by atoms with van der Waals surface area (Å²) in [6.45, 7) is 0. The predicted molar refractivity (Wildman–Crippen MR) is 118 cm³/mol. The molecule has 0 fully saturated rings. The standard InChI is InChI=1S/C27H15NO2/c29-26-20-15-14-16-8-4-5-11-18(16)23(20)27(30)25-24(26)22(17-9-2-1-3-10-17)19-12-6-7-13-21(19)28-25/h1-15H. The van der Waals surface area contributed by atoms with Gasteiger partial charge in [-0.1, -0.05) is 78.9 Å². The monoisotopic (exact) mass is 385 g/mol. The molecule has 0 saturated carbocycles. The largest absolute Gasteiger partial charge is 0.288 e. The van der Waals surface area contributed by atoms with E-state index in [2.05, 4.69) is 4.98 Å². The molecule has 140 valence electrons. The van der Waals surface area contributed by atoms with Crippen LogP contribution in [-0.2, 0) is 0 Å². The molecule has 4 aromatic carbocycles. The van der Waals surface area contributed by atoms with Crippen LogP contribution in [0.3, 0.4) is 0 Å². The lowest BCUT2D eigenvalue weighted by Gasteiger charge is -2.22. The minimum atomic E-state index is -0.195. The predicted octanol–water partition coefficient (Wildman–Crippen LogP) is 5.83. The van der Waals surface area contributed by atoms with E-state index in [4.69, 9.17) is 0 Å². The molecule has 0 spiro atoms. The number of pyridine rings is 1. The van der Waals surface area contributed by atoms with Gasteiger partial charge in [-0.05, 0) is 28.5 Å². The third-order valence-electron chi connectivity index (χ3n) is 5.80. The highest BCUT2D eigenvalue weighted by atomic mass is 16.1. The summed E-state index contributed by atoms with van der Waals surface area (Å²) in [5.41, 5.74) is 3.91. The van der Waals surface area contributed by atoms with Gasteiger partial charge in [0.1, 0.15) is 5.69 Å². The second-order valence-corrected chi connectivity index (χ2v) is 7.46. The lowest BCUT2D eigenvalue weighted by Crippen LogP contribution is -2.24. The average Bonchev–Trinajstić information content (AvgIpc) is 2.81. The Balaban J connectivity index is 1.76. The normalized spacial score (nSPS) is 12.8. The van der Waals surface area contributed by atoms with E-state index in [-0.39, 0.29) is 17.3 Å². The van der Waals surface area contributed by atoms with Gasteiger partial charge in [-0.15, -0.1) is 0 Å². The molecule has 30 heavy (non-hydrogen) atoms. The molecule has 1 aliphatic rings. The number of hydrogen-bond acceptors (Lipinski definition) is 3. The summed E-state index contributed by atoms with van der Waals surface area (Å²) < 4.78 is 0. The van der Waals surface area contributed by atoms with Gasteiger partial charge in [-0.25, -0.2) is 4.98 Å². The third-order valence-corrected chi connectivity index (χ3v) is 5.80. The number of carbonyl (C=O) groups is 2. The average molecular weight is 385 g/mol. The Kier molecular flexibility index (Phi) is 3.47. The molecule has 1 aliphatic carbocycles. The van der Waals surface area contributed by atoms with Crippen LogP contribution in [0.25, 0.3) is 32.8 Å². The molecule has 5 aromatic rings. The van der Waals surface area contributed by atoms with E-state index < -0.39 is 0 Å². The summed E-state index contributed by atoms with van der Waals surface area (Å²) >= 11 is 0. The molecule has 1 aromatic heterocycles. The number of benzene rings is 4. The number of nitrogens with zero attached hydrogens (tertiary/aromatic N) is 1. The molecule has 0 N–H and O–H groups in total. The van der Waals surface area contributed by atoms with Gasteiger partial charge in [0.25, 0.3) is 0 Å². The Hall–Kier alpha value is -4.11. The van der Waals surface area contributed by atoms with Crippen molar-refractivity contribution in [2.24, 2.45) is 0 Å².